The molecule has 1 rings (SSSR count). The van der Waals surface area contributed by atoms with Gasteiger partial charge in [-0.1, -0.05) is 32.9 Å². The summed E-state index contributed by atoms with van der Waals surface area (Å²) in [7, 11) is 0. The van der Waals surface area contributed by atoms with Crippen molar-refractivity contribution in [2.24, 2.45) is 5.41 Å². The number of halogens is 4. The fourth-order valence-corrected chi connectivity index (χ4v) is 1.79. The molecule has 0 atom stereocenters. The molecule has 1 aromatic carbocycles. The molecule has 0 saturated carbocycles. The van der Waals surface area contributed by atoms with Crippen LogP contribution in [0.5, 0.6) is 0 Å². The Labute approximate surface area is 119 Å². The molecule has 0 unspecified atom stereocenters. The molecule has 1 amide bonds. The summed E-state index contributed by atoms with van der Waals surface area (Å²) < 4.78 is 38.1. The van der Waals surface area contributed by atoms with E-state index in [9.17, 15) is 22.8 Å². The van der Waals surface area contributed by atoms with Crippen LogP contribution in [0.1, 0.15) is 31.1 Å². The van der Waals surface area contributed by atoms with Crippen LogP contribution < -0.4 is 4.42 Å². The van der Waals surface area contributed by atoms with E-state index in [4.69, 9.17) is 11.8 Å². The SMILES string of the molecule is CC(C)(C)C(=O)N(Cl)c1ccccc1C(=O)C(F)(F)F. The molecule has 1 aromatic rings. The van der Waals surface area contributed by atoms with E-state index in [2.05, 4.69) is 0 Å². The van der Waals surface area contributed by atoms with Crippen LogP contribution in [0.4, 0.5) is 18.9 Å². The second-order valence-corrected chi connectivity index (χ2v) is 5.52. The summed E-state index contributed by atoms with van der Waals surface area (Å²) in [6.07, 6.45) is -5.03. The predicted octanol–water partition coefficient (Wildman–Crippen LogP) is 3.96. The summed E-state index contributed by atoms with van der Waals surface area (Å²) in [6, 6.07) is 4.84. The molecule has 7 heteroatoms. The van der Waals surface area contributed by atoms with Gasteiger partial charge in [0, 0.05) is 17.2 Å². The Morgan fingerprint density at radius 3 is 2.05 bits per heavy atom. The van der Waals surface area contributed by atoms with E-state index in [-0.39, 0.29) is 5.69 Å². The number of anilines is 1. The van der Waals surface area contributed by atoms with Crippen molar-refractivity contribution in [1.29, 1.82) is 0 Å². The average molecular weight is 308 g/mol. The van der Waals surface area contributed by atoms with E-state index in [1.54, 1.807) is 20.8 Å². The number of hydrogen-bond acceptors (Lipinski definition) is 2. The molecule has 0 spiro atoms. The topological polar surface area (TPSA) is 37.4 Å². The summed E-state index contributed by atoms with van der Waals surface area (Å²) in [5, 5.41) is 0. The number of hydrogen-bond donors (Lipinski definition) is 0. The number of alkyl halides is 3. The smallest absolute Gasteiger partial charge is 0.284 e. The highest BCUT2D eigenvalue weighted by Crippen LogP contribution is 2.32. The summed E-state index contributed by atoms with van der Waals surface area (Å²) in [5.74, 6) is -2.65. The van der Waals surface area contributed by atoms with Crippen LogP contribution in [-0.4, -0.2) is 17.9 Å². The third-order valence-electron chi connectivity index (χ3n) is 2.44. The Kier molecular flexibility index (Phi) is 4.49. The minimum atomic E-state index is -5.03. The van der Waals surface area contributed by atoms with Crippen LogP contribution in [0.15, 0.2) is 24.3 Å². The summed E-state index contributed by atoms with van der Waals surface area (Å²) in [5.41, 5.74) is -1.83. The number of Topliss-reactive ketones (excluding diaryl/α,β-unsaturated/α-hetero) is 1. The molecular weight excluding hydrogens is 295 g/mol. The second-order valence-electron chi connectivity index (χ2n) is 5.18. The Balaban J connectivity index is 3.28. The molecule has 0 heterocycles. The maximum absolute atomic E-state index is 12.5. The first kappa shape index (κ1) is 16.5. The van der Waals surface area contributed by atoms with Gasteiger partial charge in [0.25, 0.3) is 5.78 Å². The van der Waals surface area contributed by atoms with Crippen LogP contribution in [0, 0.1) is 5.41 Å². The summed E-state index contributed by atoms with van der Waals surface area (Å²) in [6.45, 7) is 4.71. The molecule has 0 fully saturated rings. The number of carbonyl (C=O) groups is 2. The first-order valence-corrected chi connectivity index (χ1v) is 6.01. The molecule has 110 valence electrons. The molecule has 0 aromatic heterocycles. The Hall–Kier alpha value is -1.56. The Morgan fingerprint density at radius 2 is 1.60 bits per heavy atom. The zero-order chi connectivity index (χ0) is 15.7. The molecule has 3 nitrogen and oxygen atoms in total. The van der Waals surface area contributed by atoms with Gasteiger partial charge in [-0.2, -0.15) is 13.2 Å². The monoisotopic (exact) mass is 307 g/mol. The number of amides is 1. The van der Waals surface area contributed by atoms with Crippen molar-refractivity contribution < 1.29 is 22.8 Å². The summed E-state index contributed by atoms with van der Waals surface area (Å²) >= 11 is 5.80. The minimum absolute atomic E-state index is 0.281. The molecule has 0 saturated heterocycles. The molecule has 0 aliphatic heterocycles. The van der Waals surface area contributed by atoms with E-state index in [1.165, 1.54) is 18.2 Å². The first-order chi connectivity index (χ1) is 8.96. The third kappa shape index (κ3) is 3.50. The Morgan fingerprint density at radius 1 is 1.10 bits per heavy atom. The molecule has 0 radical (unpaired) electrons. The molecule has 0 bridgehead atoms. The summed E-state index contributed by atoms with van der Waals surface area (Å²) in [4.78, 5) is 23.3. The van der Waals surface area contributed by atoms with Crippen molar-refractivity contribution in [2.75, 3.05) is 4.42 Å². The van der Waals surface area contributed by atoms with E-state index in [1.807, 2.05) is 0 Å². The Bertz CT molecular complexity index is 535. The largest absolute Gasteiger partial charge is 0.454 e. The van der Waals surface area contributed by atoms with Gasteiger partial charge in [-0.25, -0.2) is 4.42 Å². The third-order valence-corrected chi connectivity index (χ3v) is 2.77. The number of rotatable bonds is 2. The van der Waals surface area contributed by atoms with Crippen molar-refractivity contribution in [3.05, 3.63) is 29.8 Å². The van der Waals surface area contributed by atoms with E-state index in [0.29, 0.717) is 4.42 Å². The van der Waals surface area contributed by atoms with Crippen LogP contribution in [-0.2, 0) is 4.79 Å². The zero-order valence-electron chi connectivity index (χ0n) is 11.1. The van der Waals surface area contributed by atoms with Crippen molar-refractivity contribution in [3.63, 3.8) is 0 Å². The van der Waals surface area contributed by atoms with Crippen LogP contribution in [0.3, 0.4) is 0 Å². The van der Waals surface area contributed by atoms with Crippen LogP contribution in [0.25, 0.3) is 0 Å². The molecular formula is C13H13ClF3NO2. The molecule has 0 aliphatic rings. The number of ketones is 1. The first-order valence-electron chi connectivity index (χ1n) is 5.67. The zero-order valence-corrected chi connectivity index (χ0v) is 11.8. The van der Waals surface area contributed by atoms with Gasteiger partial charge in [0.1, 0.15) is 0 Å². The second kappa shape index (κ2) is 5.44. The van der Waals surface area contributed by atoms with Gasteiger partial charge in [-0.05, 0) is 12.1 Å². The standard InChI is InChI=1S/C13H13ClF3NO2/c1-12(2,3)11(20)18(14)9-7-5-4-6-8(9)10(19)13(15,16)17/h4-7H,1-3H3. The maximum atomic E-state index is 12.5. The van der Waals surface area contributed by atoms with Crippen LogP contribution in [0.2, 0.25) is 0 Å². The van der Waals surface area contributed by atoms with E-state index >= 15 is 0 Å². The minimum Gasteiger partial charge on any atom is -0.284 e. The van der Waals surface area contributed by atoms with Gasteiger partial charge >= 0.3 is 6.18 Å². The highest BCUT2D eigenvalue weighted by atomic mass is 35.5. The van der Waals surface area contributed by atoms with Crippen LogP contribution >= 0.6 is 11.8 Å². The fourth-order valence-electron chi connectivity index (χ4n) is 1.39. The molecule has 0 N–H and O–H groups in total. The fraction of sp³-hybridized carbons (Fsp3) is 0.385. The van der Waals surface area contributed by atoms with Crippen molar-refractivity contribution in [3.8, 4) is 0 Å². The average Bonchev–Trinajstić information content (AvgIpc) is 2.34. The lowest BCUT2D eigenvalue weighted by molar-refractivity contribution is -0.124. The maximum Gasteiger partial charge on any atom is 0.454 e. The van der Waals surface area contributed by atoms with Crippen molar-refractivity contribution in [1.82, 2.24) is 0 Å². The van der Waals surface area contributed by atoms with Gasteiger partial charge in [0.05, 0.1) is 11.3 Å². The lowest BCUT2D eigenvalue weighted by Gasteiger charge is -2.24. The van der Waals surface area contributed by atoms with Gasteiger partial charge in [-0.15, -0.1) is 0 Å². The van der Waals surface area contributed by atoms with E-state index in [0.717, 1.165) is 6.07 Å². The number of benzene rings is 1. The van der Waals surface area contributed by atoms with E-state index < -0.39 is 28.8 Å². The van der Waals surface area contributed by atoms with Gasteiger partial charge in [0.2, 0.25) is 5.91 Å². The number of nitrogens with zero attached hydrogens (tertiary/aromatic N) is 1. The molecule has 20 heavy (non-hydrogen) atoms. The lowest BCUT2D eigenvalue weighted by atomic mass is 9.95. The predicted molar refractivity (Wildman–Crippen MR) is 69.6 cm³/mol. The highest BCUT2D eigenvalue weighted by Gasteiger charge is 2.41. The van der Waals surface area contributed by atoms with Crippen molar-refractivity contribution >= 4 is 29.2 Å². The lowest BCUT2D eigenvalue weighted by Crippen LogP contribution is -2.34. The van der Waals surface area contributed by atoms with Gasteiger partial charge in [-0.3, -0.25) is 9.59 Å². The number of carbonyl (C=O) groups excluding carboxylic acids is 2. The normalized spacial score (nSPS) is 12.2. The molecule has 0 aliphatic carbocycles. The number of para-hydroxylation sites is 1. The van der Waals surface area contributed by atoms with Gasteiger partial charge in [0.15, 0.2) is 0 Å². The quantitative estimate of drug-likeness (QED) is 0.612. The van der Waals surface area contributed by atoms with Crippen molar-refractivity contribution in [2.45, 2.75) is 26.9 Å². The highest BCUT2D eigenvalue weighted by molar-refractivity contribution is 6.38. The van der Waals surface area contributed by atoms with Gasteiger partial charge < -0.3 is 0 Å².